The molecule has 0 aromatic carbocycles. The maximum absolute atomic E-state index is 11.7. The van der Waals surface area contributed by atoms with E-state index in [1.54, 1.807) is 0 Å². The van der Waals surface area contributed by atoms with Gasteiger partial charge in [0.1, 0.15) is 0 Å². The van der Waals surface area contributed by atoms with Crippen LogP contribution in [0.1, 0.15) is 102 Å². The molecule has 4 rings (SSSR count). The van der Waals surface area contributed by atoms with E-state index in [0.29, 0.717) is 45.7 Å². The average molecular weight is 473 g/mol. The monoisotopic (exact) mass is 473 g/mol. The molecule has 0 atom stereocenters. The highest BCUT2D eigenvalue weighted by Gasteiger charge is 2.16. The Hall–Kier alpha value is -3.36. The molecule has 4 aromatic rings. The van der Waals surface area contributed by atoms with Crippen LogP contribution >= 0.6 is 0 Å². The van der Waals surface area contributed by atoms with Gasteiger partial charge >= 0.3 is 0 Å². The summed E-state index contributed by atoms with van der Waals surface area (Å²) < 4.78 is 0. The van der Waals surface area contributed by atoms with Gasteiger partial charge in [-0.15, -0.1) is 0 Å². The van der Waals surface area contributed by atoms with E-state index in [9.17, 15) is 9.59 Å². The highest BCUT2D eigenvalue weighted by Crippen LogP contribution is 2.27. The number of nitrogens with zero attached hydrogens (tertiary/aromatic N) is 4. The molecule has 0 unspecified atom stereocenters. The van der Waals surface area contributed by atoms with E-state index in [1.807, 2.05) is 12.1 Å². The fourth-order valence-corrected chi connectivity index (χ4v) is 3.91. The number of pyridine rings is 2. The molecule has 0 fully saturated rings. The summed E-state index contributed by atoms with van der Waals surface area (Å²) in [6, 6.07) is 3.85. The summed E-state index contributed by atoms with van der Waals surface area (Å²) in [6.45, 7) is 16.9. The van der Waals surface area contributed by atoms with E-state index >= 15 is 0 Å². The van der Waals surface area contributed by atoms with Crippen LogP contribution in [0.2, 0.25) is 0 Å². The zero-order valence-corrected chi connectivity index (χ0v) is 21.8. The van der Waals surface area contributed by atoms with E-state index < -0.39 is 0 Å². The summed E-state index contributed by atoms with van der Waals surface area (Å²) in [5.41, 5.74) is 5.14. The van der Waals surface area contributed by atoms with Crippen molar-refractivity contribution >= 4 is 30.5 Å². The Balaban J connectivity index is 0.000000240. The van der Waals surface area contributed by atoms with Gasteiger partial charge in [-0.2, -0.15) is 0 Å². The number of fused-ring (bicyclic) bond motifs is 2. The van der Waals surface area contributed by atoms with Gasteiger partial charge in [-0.3, -0.25) is 9.59 Å². The molecule has 0 aliphatic carbocycles. The van der Waals surface area contributed by atoms with Crippen LogP contribution in [0.25, 0.3) is 22.1 Å². The van der Waals surface area contributed by atoms with E-state index in [1.165, 1.54) is 12.7 Å². The SMILES string of the molecule is CC(C)c1cc2c(=O)[nH]cnc2nc1C(C)C.CC(C)c1cc2c(=O)[nH]cnc2nc1C(C)C.[B]. The van der Waals surface area contributed by atoms with Crippen LogP contribution in [0.4, 0.5) is 0 Å². The predicted octanol–water partition coefficient (Wildman–Crippen LogP) is 4.75. The van der Waals surface area contributed by atoms with Gasteiger partial charge in [0.2, 0.25) is 0 Å². The van der Waals surface area contributed by atoms with Crippen molar-refractivity contribution in [1.82, 2.24) is 29.9 Å². The number of H-pyrrole nitrogens is 2. The van der Waals surface area contributed by atoms with Crippen LogP contribution < -0.4 is 11.1 Å². The molecule has 0 spiro atoms. The highest BCUT2D eigenvalue weighted by atomic mass is 16.1. The van der Waals surface area contributed by atoms with Gasteiger partial charge in [0.05, 0.1) is 23.4 Å². The van der Waals surface area contributed by atoms with E-state index in [0.717, 1.165) is 22.5 Å². The zero-order chi connectivity index (χ0) is 25.2. The van der Waals surface area contributed by atoms with Crippen molar-refractivity contribution in [3.63, 3.8) is 0 Å². The fraction of sp³-hybridized carbons (Fsp3) is 0.462. The Labute approximate surface area is 207 Å². The van der Waals surface area contributed by atoms with Crippen LogP contribution in [-0.4, -0.2) is 38.3 Å². The Morgan fingerprint density at radius 2 is 0.943 bits per heavy atom. The molecule has 0 saturated heterocycles. The maximum atomic E-state index is 11.7. The summed E-state index contributed by atoms with van der Waals surface area (Å²) in [4.78, 5) is 45.9. The molecule has 8 nitrogen and oxygen atoms in total. The van der Waals surface area contributed by atoms with Gasteiger partial charge in [-0.25, -0.2) is 19.9 Å². The summed E-state index contributed by atoms with van der Waals surface area (Å²) >= 11 is 0. The lowest BCUT2D eigenvalue weighted by molar-refractivity contribution is 0.762. The van der Waals surface area contributed by atoms with Crippen molar-refractivity contribution in [3.8, 4) is 0 Å². The summed E-state index contributed by atoms with van der Waals surface area (Å²) in [7, 11) is 0. The lowest BCUT2D eigenvalue weighted by Gasteiger charge is -2.15. The molecule has 3 radical (unpaired) electrons. The molecule has 183 valence electrons. The number of aromatic amines is 2. The van der Waals surface area contributed by atoms with E-state index in [-0.39, 0.29) is 19.5 Å². The Kier molecular flexibility index (Phi) is 9.07. The Bertz CT molecular complexity index is 1310. The second kappa shape index (κ2) is 11.4. The Morgan fingerprint density at radius 3 is 1.23 bits per heavy atom. The summed E-state index contributed by atoms with van der Waals surface area (Å²) in [5.74, 6) is 1.36. The van der Waals surface area contributed by atoms with Crippen molar-refractivity contribution in [3.05, 3.63) is 68.0 Å². The normalized spacial score (nSPS) is 11.3. The number of hydrogen-bond acceptors (Lipinski definition) is 6. The largest absolute Gasteiger partial charge is 0.313 e. The van der Waals surface area contributed by atoms with Crippen LogP contribution in [0.3, 0.4) is 0 Å². The van der Waals surface area contributed by atoms with E-state index in [2.05, 4.69) is 85.3 Å². The minimum atomic E-state index is -0.125. The van der Waals surface area contributed by atoms with Crippen molar-refractivity contribution < 1.29 is 0 Å². The van der Waals surface area contributed by atoms with Crippen molar-refractivity contribution in [2.75, 3.05) is 0 Å². The molecule has 0 aliphatic rings. The van der Waals surface area contributed by atoms with Crippen molar-refractivity contribution in [1.29, 1.82) is 0 Å². The minimum Gasteiger partial charge on any atom is -0.313 e. The van der Waals surface area contributed by atoms with Gasteiger partial charge in [0, 0.05) is 19.8 Å². The third kappa shape index (κ3) is 6.02. The predicted molar refractivity (Wildman–Crippen MR) is 142 cm³/mol. The zero-order valence-electron chi connectivity index (χ0n) is 21.8. The molecule has 0 bridgehead atoms. The van der Waals surface area contributed by atoms with Gasteiger partial charge in [0.25, 0.3) is 11.1 Å². The lowest BCUT2D eigenvalue weighted by atomic mass is 9.94. The summed E-state index contributed by atoms with van der Waals surface area (Å²) in [6.07, 6.45) is 2.80. The van der Waals surface area contributed by atoms with Gasteiger partial charge in [-0.05, 0) is 46.9 Å². The molecule has 4 heterocycles. The van der Waals surface area contributed by atoms with Gasteiger partial charge < -0.3 is 9.97 Å². The topological polar surface area (TPSA) is 117 Å². The third-order valence-electron chi connectivity index (χ3n) is 5.72. The second-order valence-electron chi connectivity index (χ2n) is 9.75. The van der Waals surface area contributed by atoms with E-state index in [4.69, 9.17) is 0 Å². The number of hydrogen-bond donors (Lipinski definition) is 2. The quantitative estimate of drug-likeness (QED) is 0.413. The molecular weight excluding hydrogens is 439 g/mol. The minimum absolute atomic E-state index is 0. The first-order chi connectivity index (χ1) is 16.0. The molecule has 4 aromatic heterocycles. The smallest absolute Gasteiger partial charge is 0.260 e. The second-order valence-corrected chi connectivity index (χ2v) is 9.75. The van der Waals surface area contributed by atoms with Crippen LogP contribution in [0, 0.1) is 0 Å². The summed E-state index contributed by atoms with van der Waals surface area (Å²) in [5, 5.41) is 1.14. The first kappa shape index (κ1) is 27.9. The van der Waals surface area contributed by atoms with Gasteiger partial charge in [-0.1, -0.05) is 55.4 Å². The van der Waals surface area contributed by atoms with Crippen LogP contribution in [-0.2, 0) is 0 Å². The first-order valence-corrected chi connectivity index (χ1v) is 11.8. The van der Waals surface area contributed by atoms with Gasteiger partial charge in [0.15, 0.2) is 11.3 Å². The first-order valence-electron chi connectivity index (χ1n) is 11.8. The molecular formula is C26H34BN6O2. The third-order valence-corrected chi connectivity index (χ3v) is 5.72. The molecule has 9 heteroatoms. The molecule has 0 aliphatic heterocycles. The maximum Gasteiger partial charge on any atom is 0.260 e. The molecule has 2 N–H and O–H groups in total. The lowest BCUT2D eigenvalue weighted by Crippen LogP contribution is -2.11. The molecule has 0 saturated carbocycles. The van der Waals surface area contributed by atoms with Crippen LogP contribution in [0.5, 0.6) is 0 Å². The van der Waals surface area contributed by atoms with Crippen molar-refractivity contribution in [2.45, 2.75) is 79.1 Å². The molecule has 0 amide bonds. The number of nitrogens with one attached hydrogen (secondary N) is 2. The fourth-order valence-electron chi connectivity index (χ4n) is 3.91. The highest BCUT2D eigenvalue weighted by molar-refractivity contribution is 5.76. The van der Waals surface area contributed by atoms with Crippen molar-refractivity contribution in [2.24, 2.45) is 0 Å². The standard InChI is InChI=1S/2C13H17N3O.B/c2*1-7(2)9-5-10-12(14-6-15-13(10)17)16-11(9)8(3)4;/h2*5-8H,1-4H3,(H,14,15,16,17);. The number of rotatable bonds is 4. The Morgan fingerprint density at radius 1 is 0.600 bits per heavy atom. The van der Waals surface area contributed by atoms with Crippen LogP contribution in [0.15, 0.2) is 34.4 Å². The molecule has 35 heavy (non-hydrogen) atoms. The number of aromatic nitrogens is 6. The average Bonchev–Trinajstić information content (AvgIpc) is 2.78.